The first-order valence-corrected chi connectivity index (χ1v) is 9.79. The summed E-state index contributed by atoms with van der Waals surface area (Å²) in [6.45, 7) is 2.66. The summed E-state index contributed by atoms with van der Waals surface area (Å²) in [4.78, 5) is 12.4. The van der Waals surface area contributed by atoms with Crippen molar-refractivity contribution < 1.29 is 4.74 Å². The maximum absolute atomic E-state index is 6.61. The molecule has 2 fully saturated rings. The van der Waals surface area contributed by atoms with Crippen molar-refractivity contribution >= 4 is 17.3 Å². The fourth-order valence-electron chi connectivity index (χ4n) is 3.74. The van der Waals surface area contributed by atoms with Gasteiger partial charge in [0.15, 0.2) is 0 Å². The van der Waals surface area contributed by atoms with Gasteiger partial charge in [0.25, 0.3) is 0 Å². The lowest BCUT2D eigenvalue weighted by Crippen LogP contribution is -2.31. The molecule has 5 rings (SSSR count). The summed E-state index contributed by atoms with van der Waals surface area (Å²) >= 11 is 6.61. The molecule has 1 saturated heterocycles. The van der Waals surface area contributed by atoms with Gasteiger partial charge in [0, 0.05) is 37.0 Å². The van der Waals surface area contributed by atoms with Gasteiger partial charge >= 0.3 is 0 Å². The molecule has 5 nitrogen and oxygen atoms in total. The molecule has 6 heteroatoms. The molecule has 3 heterocycles. The summed E-state index contributed by atoms with van der Waals surface area (Å²) in [7, 11) is 0. The van der Waals surface area contributed by atoms with Crippen LogP contribution in [0, 0.1) is 0 Å². The lowest BCUT2D eigenvalue weighted by atomic mass is 10.1. The molecular formula is C20H23ClN4O. The van der Waals surface area contributed by atoms with Gasteiger partial charge < -0.3 is 19.5 Å². The number of halogens is 1. The third-order valence-electron chi connectivity index (χ3n) is 5.38. The SMILES string of the molecule is Clc1cc(-c2cnc(C3CC3)[nH]2)ccc1N1C=CN(C[C@@H]2CCCO2)C1. The van der Waals surface area contributed by atoms with E-state index in [2.05, 4.69) is 44.3 Å². The van der Waals surface area contributed by atoms with E-state index in [1.165, 1.54) is 19.3 Å². The summed E-state index contributed by atoms with van der Waals surface area (Å²) in [5.41, 5.74) is 3.15. The zero-order valence-electron chi connectivity index (χ0n) is 14.7. The second-order valence-electron chi connectivity index (χ2n) is 7.44. The molecule has 1 aromatic carbocycles. The quantitative estimate of drug-likeness (QED) is 0.850. The fourth-order valence-corrected chi connectivity index (χ4v) is 4.03. The Hall–Kier alpha value is -1.98. The van der Waals surface area contributed by atoms with E-state index in [9.17, 15) is 0 Å². The number of imidazole rings is 1. The van der Waals surface area contributed by atoms with E-state index in [0.717, 1.165) is 54.0 Å². The average Bonchev–Trinajstić information content (AvgIpc) is 3.07. The Morgan fingerprint density at radius 1 is 1.23 bits per heavy atom. The van der Waals surface area contributed by atoms with Crippen LogP contribution in [0.25, 0.3) is 11.3 Å². The van der Waals surface area contributed by atoms with Gasteiger partial charge in [-0.05, 0) is 37.8 Å². The van der Waals surface area contributed by atoms with E-state index in [1.54, 1.807) is 0 Å². The van der Waals surface area contributed by atoms with Crippen LogP contribution < -0.4 is 4.90 Å². The number of anilines is 1. The monoisotopic (exact) mass is 370 g/mol. The number of hydrogen-bond donors (Lipinski definition) is 1. The van der Waals surface area contributed by atoms with Gasteiger partial charge in [0.1, 0.15) is 5.82 Å². The van der Waals surface area contributed by atoms with Crippen LogP contribution in [0.4, 0.5) is 5.69 Å². The molecule has 1 N–H and O–H groups in total. The molecule has 26 heavy (non-hydrogen) atoms. The molecule has 0 radical (unpaired) electrons. The van der Waals surface area contributed by atoms with Crippen LogP contribution in [0.5, 0.6) is 0 Å². The predicted molar refractivity (Wildman–Crippen MR) is 103 cm³/mol. The number of ether oxygens (including phenoxy) is 1. The molecule has 0 bridgehead atoms. The van der Waals surface area contributed by atoms with Gasteiger partial charge in [-0.2, -0.15) is 0 Å². The smallest absolute Gasteiger partial charge is 0.109 e. The number of benzene rings is 1. The molecule has 1 saturated carbocycles. The van der Waals surface area contributed by atoms with Crippen LogP contribution in [0.1, 0.15) is 37.4 Å². The van der Waals surface area contributed by atoms with E-state index in [-0.39, 0.29) is 0 Å². The van der Waals surface area contributed by atoms with Crippen molar-refractivity contribution in [2.24, 2.45) is 0 Å². The second-order valence-corrected chi connectivity index (χ2v) is 7.85. The Morgan fingerprint density at radius 3 is 2.92 bits per heavy atom. The maximum atomic E-state index is 6.61. The van der Waals surface area contributed by atoms with E-state index >= 15 is 0 Å². The highest BCUT2D eigenvalue weighted by atomic mass is 35.5. The zero-order valence-corrected chi connectivity index (χ0v) is 15.5. The number of rotatable bonds is 5. The summed E-state index contributed by atoms with van der Waals surface area (Å²) in [6.07, 6.45) is 11.3. The van der Waals surface area contributed by atoms with Crippen molar-refractivity contribution in [3.63, 3.8) is 0 Å². The summed E-state index contributed by atoms with van der Waals surface area (Å²) in [5, 5.41) is 0.758. The summed E-state index contributed by atoms with van der Waals surface area (Å²) in [5.74, 6) is 1.73. The highest BCUT2D eigenvalue weighted by Crippen LogP contribution is 2.39. The Balaban J connectivity index is 1.28. The largest absolute Gasteiger partial charge is 0.376 e. The first-order valence-electron chi connectivity index (χ1n) is 9.42. The van der Waals surface area contributed by atoms with Crippen molar-refractivity contribution in [1.82, 2.24) is 14.9 Å². The molecule has 1 aliphatic carbocycles. The minimum atomic E-state index is 0.360. The minimum Gasteiger partial charge on any atom is -0.376 e. The van der Waals surface area contributed by atoms with Gasteiger partial charge in [-0.25, -0.2) is 4.98 Å². The van der Waals surface area contributed by atoms with Crippen LogP contribution in [0.3, 0.4) is 0 Å². The van der Waals surface area contributed by atoms with Crippen LogP contribution in [-0.4, -0.2) is 40.8 Å². The number of hydrogen-bond acceptors (Lipinski definition) is 4. The minimum absolute atomic E-state index is 0.360. The van der Waals surface area contributed by atoms with Crippen molar-refractivity contribution in [1.29, 1.82) is 0 Å². The first kappa shape index (κ1) is 16.2. The molecule has 1 atom stereocenters. The van der Waals surface area contributed by atoms with Gasteiger partial charge in [-0.3, -0.25) is 0 Å². The van der Waals surface area contributed by atoms with Crippen molar-refractivity contribution in [3.05, 3.63) is 47.6 Å². The first-order chi connectivity index (χ1) is 12.8. The topological polar surface area (TPSA) is 44.4 Å². The number of nitrogens with zero attached hydrogens (tertiary/aromatic N) is 3. The highest BCUT2D eigenvalue weighted by Gasteiger charge is 2.27. The third-order valence-corrected chi connectivity index (χ3v) is 5.68. The van der Waals surface area contributed by atoms with Gasteiger partial charge in [-0.1, -0.05) is 17.7 Å². The van der Waals surface area contributed by atoms with Crippen LogP contribution in [-0.2, 0) is 4.74 Å². The van der Waals surface area contributed by atoms with Crippen molar-refractivity contribution in [2.75, 3.05) is 24.7 Å². The van der Waals surface area contributed by atoms with Crippen molar-refractivity contribution in [2.45, 2.75) is 37.7 Å². The normalized spacial score (nSPS) is 22.6. The molecule has 136 valence electrons. The number of aromatic amines is 1. The zero-order chi connectivity index (χ0) is 17.5. The molecular weight excluding hydrogens is 348 g/mol. The Labute approximate surface area is 158 Å². The van der Waals surface area contributed by atoms with E-state index < -0.39 is 0 Å². The van der Waals surface area contributed by atoms with Crippen LogP contribution >= 0.6 is 11.6 Å². The summed E-state index contributed by atoms with van der Waals surface area (Å²) < 4.78 is 5.74. The number of H-pyrrole nitrogens is 1. The van der Waals surface area contributed by atoms with Crippen molar-refractivity contribution in [3.8, 4) is 11.3 Å². The Morgan fingerprint density at radius 2 is 2.15 bits per heavy atom. The molecule has 0 spiro atoms. The number of nitrogens with one attached hydrogen (secondary N) is 1. The highest BCUT2D eigenvalue weighted by molar-refractivity contribution is 6.33. The fraction of sp³-hybridized carbons (Fsp3) is 0.450. The lowest BCUT2D eigenvalue weighted by molar-refractivity contribution is 0.0888. The molecule has 1 aromatic heterocycles. The number of aromatic nitrogens is 2. The van der Waals surface area contributed by atoms with E-state index in [1.807, 2.05) is 12.3 Å². The van der Waals surface area contributed by atoms with Gasteiger partial charge in [-0.15, -0.1) is 0 Å². The molecule has 0 amide bonds. The molecule has 3 aliphatic rings. The maximum Gasteiger partial charge on any atom is 0.109 e. The van der Waals surface area contributed by atoms with Gasteiger partial charge in [0.05, 0.1) is 35.4 Å². The molecule has 2 aromatic rings. The predicted octanol–water partition coefficient (Wildman–Crippen LogP) is 4.34. The van der Waals surface area contributed by atoms with E-state index in [4.69, 9.17) is 16.3 Å². The second kappa shape index (κ2) is 6.63. The molecule has 0 unspecified atom stereocenters. The van der Waals surface area contributed by atoms with Crippen LogP contribution in [0.2, 0.25) is 5.02 Å². The third kappa shape index (κ3) is 3.21. The average molecular weight is 371 g/mol. The Kier molecular flexibility index (Phi) is 4.14. The van der Waals surface area contributed by atoms with Gasteiger partial charge in [0.2, 0.25) is 0 Å². The Bertz CT molecular complexity index is 823. The molecule has 2 aliphatic heterocycles. The van der Waals surface area contributed by atoms with Crippen LogP contribution in [0.15, 0.2) is 36.8 Å². The van der Waals surface area contributed by atoms with E-state index in [0.29, 0.717) is 12.0 Å². The lowest BCUT2D eigenvalue weighted by Gasteiger charge is -2.24. The standard InChI is InChI=1S/C20H23ClN4O/c21-17-10-15(18-11-22-20(23-18)14-3-4-14)5-6-19(17)25-8-7-24(13-25)12-16-2-1-9-26-16/h5-8,10-11,14,16H,1-4,9,12-13H2,(H,22,23)/t16-/m0/s1. The summed E-state index contributed by atoms with van der Waals surface area (Å²) in [6, 6.07) is 6.23.